The predicted molar refractivity (Wildman–Crippen MR) is 135 cm³/mol. The van der Waals surface area contributed by atoms with Crippen LogP contribution in [0.5, 0.6) is 5.75 Å². The van der Waals surface area contributed by atoms with E-state index in [2.05, 4.69) is 74.6 Å². The fourth-order valence-corrected chi connectivity index (χ4v) is 4.63. The molecular weight excluding hydrogens is 428 g/mol. The van der Waals surface area contributed by atoms with E-state index < -0.39 is 0 Å². The maximum atomic E-state index is 5.94. The third-order valence-corrected chi connectivity index (χ3v) is 6.50. The van der Waals surface area contributed by atoms with E-state index in [1.807, 2.05) is 17.2 Å². The van der Waals surface area contributed by atoms with Gasteiger partial charge in [0.1, 0.15) is 17.9 Å². The van der Waals surface area contributed by atoms with Crippen molar-refractivity contribution in [3.8, 4) is 5.75 Å². The SMILES string of the molecule is COc1cc(N2CCCN(C)CC2)ccc1Nc1cc(N2OCCC2c2ccccc2)ncn1. The fourth-order valence-electron chi connectivity index (χ4n) is 4.63. The zero-order chi connectivity index (χ0) is 23.3. The molecule has 2 aliphatic rings. The van der Waals surface area contributed by atoms with Crippen molar-refractivity contribution in [1.82, 2.24) is 14.9 Å². The molecular formula is C26H32N6O2. The molecule has 0 saturated carbocycles. The van der Waals surface area contributed by atoms with Crippen molar-refractivity contribution in [2.75, 3.05) is 62.2 Å². The standard InChI is InChI=1S/C26H32N6O2/c1-30-12-6-13-31(15-14-30)21-9-10-22(24(17-21)33-2)29-25-18-26(28-19-27-25)32-23(11-16-34-32)20-7-4-3-5-8-20/h3-5,7-10,17-19,23H,6,11-16H2,1-2H3,(H,27,28,29). The van der Waals surface area contributed by atoms with E-state index in [0.717, 1.165) is 56.3 Å². The molecule has 3 heterocycles. The Morgan fingerprint density at radius 2 is 1.88 bits per heavy atom. The Bertz CT molecular complexity index is 1100. The van der Waals surface area contributed by atoms with Gasteiger partial charge in [0, 0.05) is 43.9 Å². The summed E-state index contributed by atoms with van der Waals surface area (Å²) < 4.78 is 5.73. The van der Waals surface area contributed by atoms with E-state index in [0.29, 0.717) is 12.4 Å². The molecule has 1 unspecified atom stereocenters. The van der Waals surface area contributed by atoms with E-state index in [9.17, 15) is 0 Å². The Morgan fingerprint density at radius 3 is 2.74 bits per heavy atom. The molecule has 34 heavy (non-hydrogen) atoms. The van der Waals surface area contributed by atoms with Crippen molar-refractivity contribution in [3.63, 3.8) is 0 Å². The number of hydrogen-bond acceptors (Lipinski definition) is 8. The lowest BCUT2D eigenvalue weighted by molar-refractivity contribution is 0.157. The molecule has 0 aliphatic carbocycles. The molecule has 178 valence electrons. The Morgan fingerprint density at radius 1 is 1.00 bits per heavy atom. The Hall–Kier alpha value is -3.36. The van der Waals surface area contributed by atoms with Gasteiger partial charge >= 0.3 is 0 Å². The second-order valence-electron chi connectivity index (χ2n) is 8.79. The van der Waals surface area contributed by atoms with Gasteiger partial charge in [0.2, 0.25) is 0 Å². The van der Waals surface area contributed by atoms with E-state index >= 15 is 0 Å². The van der Waals surface area contributed by atoms with Gasteiger partial charge in [-0.1, -0.05) is 30.3 Å². The molecule has 8 nitrogen and oxygen atoms in total. The second-order valence-corrected chi connectivity index (χ2v) is 8.79. The Labute approximate surface area is 201 Å². The van der Waals surface area contributed by atoms with Gasteiger partial charge in [-0.25, -0.2) is 15.0 Å². The molecule has 0 radical (unpaired) electrons. The molecule has 0 spiro atoms. The summed E-state index contributed by atoms with van der Waals surface area (Å²) in [5.74, 6) is 2.21. The summed E-state index contributed by atoms with van der Waals surface area (Å²) in [6.07, 6.45) is 3.64. The van der Waals surface area contributed by atoms with Crippen LogP contribution in [0.15, 0.2) is 60.9 Å². The lowest BCUT2D eigenvalue weighted by atomic mass is 10.0. The van der Waals surface area contributed by atoms with Gasteiger partial charge in [-0.2, -0.15) is 0 Å². The zero-order valence-electron chi connectivity index (χ0n) is 19.9. The average Bonchev–Trinajstić information content (AvgIpc) is 3.27. The highest BCUT2D eigenvalue weighted by molar-refractivity contribution is 5.70. The van der Waals surface area contributed by atoms with Gasteiger partial charge in [-0.3, -0.25) is 4.84 Å². The molecule has 3 aromatic rings. The van der Waals surface area contributed by atoms with Crippen LogP contribution in [0, 0.1) is 0 Å². The van der Waals surface area contributed by atoms with Crippen LogP contribution in [0.4, 0.5) is 23.0 Å². The minimum absolute atomic E-state index is 0.130. The Kier molecular flexibility index (Phi) is 6.78. The molecule has 8 heteroatoms. The first-order chi connectivity index (χ1) is 16.7. The number of methoxy groups -OCH3 is 1. The highest BCUT2D eigenvalue weighted by atomic mass is 16.7. The first-order valence-electron chi connectivity index (χ1n) is 11.9. The number of likely N-dealkylation sites (N-methyl/N-ethyl adjacent to an activating group) is 1. The topological polar surface area (TPSA) is 66.0 Å². The van der Waals surface area contributed by atoms with Crippen molar-refractivity contribution >= 4 is 23.0 Å². The second kappa shape index (κ2) is 10.3. The molecule has 1 aromatic heterocycles. The van der Waals surface area contributed by atoms with Crippen LogP contribution in [-0.4, -0.2) is 61.8 Å². The molecule has 1 N–H and O–H groups in total. The third kappa shape index (κ3) is 4.93. The first-order valence-corrected chi connectivity index (χ1v) is 11.9. The number of hydroxylamine groups is 1. The molecule has 0 amide bonds. The van der Waals surface area contributed by atoms with E-state index in [1.54, 1.807) is 13.4 Å². The lowest BCUT2D eigenvalue weighted by Crippen LogP contribution is -2.28. The number of hydrogen-bond donors (Lipinski definition) is 1. The van der Waals surface area contributed by atoms with Crippen molar-refractivity contribution in [2.45, 2.75) is 18.9 Å². The minimum Gasteiger partial charge on any atom is -0.494 e. The van der Waals surface area contributed by atoms with Crippen LogP contribution in [0.1, 0.15) is 24.4 Å². The minimum atomic E-state index is 0.130. The smallest absolute Gasteiger partial charge is 0.158 e. The highest BCUT2D eigenvalue weighted by Gasteiger charge is 2.29. The van der Waals surface area contributed by atoms with Crippen molar-refractivity contribution in [1.29, 1.82) is 0 Å². The average molecular weight is 461 g/mol. The van der Waals surface area contributed by atoms with Gasteiger partial charge in [-0.05, 0) is 37.7 Å². The van der Waals surface area contributed by atoms with Gasteiger partial charge < -0.3 is 19.9 Å². The normalized spacial score (nSPS) is 19.2. The van der Waals surface area contributed by atoms with E-state index in [1.165, 1.54) is 11.3 Å². The van der Waals surface area contributed by atoms with Crippen LogP contribution in [0.25, 0.3) is 0 Å². The van der Waals surface area contributed by atoms with E-state index in [-0.39, 0.29) is 6.04 Å². The first kappa shape index (κ1) is 22.4. The summed E-state index contributed by atoms with van der Waals surface area (Å²) in [7, 11) is 3.89. The summed E-state index contributed by atoms with van der Waals surface area (Å²) in [4.78, 5) is 19.7. The number of nitrogens with zero attached hydrogens (tertiary/aromatic N) is 5. The molecule has 2 aliphatic heterocycles. The molecule has 2 fully saturated rings. The number of anilines is 4. The Balaban J connectivity index is 1.34. The summed E-state index contributed by atoms with van der Waals surface area (Å²) >= 11 is 0. The van der Waals surface area contributed by atoms with Crippen molar-refractivity contribution in [2.24, 2.45) is 0 Å². The number of nitrogens with one attached hydrogen (secondary N) is 1. The molecule has 2 aromatic carbocycles. The van der Waals surface area contributed by atoms with Crippen LogP contribution in [-0.2, 0) is 4.84 Å². The lowest BCUT2D eigenvalue weighted by Gasteiger charge is -2.25. The quantitative estimate of drug-likeness (QED) is 0.586. The fraction of sp³-hybridized carbons (Fsp3) is 0.385. The van der Waals surface area contributed by atoms with Crippen LogP contribution < -0.4 is 20.0 Å². The summed E-state index contributed by atoms with van der Waals surface area (Å²) in [6, 6.07) is 18.7. The molecule has 2 saturated heterocycles. The number of rotatable bonds is 6. The van der Waals surface area contributed by atoms with Crippen LogP contribution in [0.2, 0.25) is 0 Å². The monoisotopic (exact) mass is 460 g/mol. The predicted octanol–water partition coefficient (Wildman–Crippen LogP) is 4.25. The van der Waals surface area contributed by atoms with E-state index in [4.69, 9.17) is 9.57 Å². The number of benzene rings is 2. The van der Waals surface area contributed by atoms with Crippen LogP contribution in [0.3, 0.4) is 0 Å². The highest BCUT2D eigenvalue weighted by Crippen LogP contribution is 2.36. The maximum Gasteiger partial charge on any atom is 0.158 e. The van der Waals surface area contributed by atoms with Gasteiger partial charge in [-0.15, -0.1) is 0 Å². The molecule has 0 bridgehead atoms. The summed E-state index contributed by atoms with van der Waals surface area (Å²) in [5, 5.41) is 5.29. The van der Waals surface area contributed by atoms with Crippen LogP contribution >= 0.6 is 0 Å². The number of ether oxygens (including phenoxy) is 1. The van der Waals surface area contributed by atoms with Gasteiger partial charge in [0.15, 0.2) is 5.82 Å². The zero-order valence-corrected chi connectivity index (χ0v) is 19.9. The van der Waals surface area contributed by atoms with Gasteiger partial charge in [0.25, 0.3) is 0 Å². The molecule has 5 rings (SSSR count). The summed E-state index contributed by atoms with van der Waals surface area (Å²) in [5.41, 5.74) is 3.26. The summed E-state index contributed by atoms with van der Waals surface area (Å²) in [6.45, 7) is 4.92. The largest absolute Gasteiger partial charge is 0.494 e. The number of aromatic nitrogens is 2. The maximum absolute atomic E-state index is 5.94. The van der Waals surface area contributed by atoms with Crippen molar-refractivity contribution < 1.29 is 9.57 Å². The third-order valence-electron chi connectivity index (χ3n) is 6.50. The van der Waals surface area contributed by atoms with Gasteiger partial charge in [0.05, 0.1) is 25.4 Å². The molecule has 1 atom stereocenters. The van der Waals surface area contributed by atoms with Crippen molar-refractivity contribution in [3.05, 3.63) is 66.5 Å².